The van der Waals surface area contributed by atoms with Gasteiger partial charge in [0.25, 0.3) is 0 Å². The molecular formula is C26H30N6O3. The van der Waals surface area contributed by atoms with Gasteiger partial charge in [0.05, 0.1) is 49.9 Å². The highest BCUT2D eigenvalue weighted by molar-refractivity contribution is 5.79. The Kier molecular flexibility index (Phi) is 5.04. The number of aromatic nitrogens is 3. The van der Waals surface area contributed by atoms with Gasteiger partial charge in [-0.25, -0.2) is 14.8 Å². The molecule has 3 aromatic rings. The van der Waals surface area contributed by atoms with Crippen molar-refractivity contribution in [3.63, 3.8) is 0 Å². The van der Waals surface area contributed by atoms with Crippen LogP contribution in [0.5, 0.6) is 0 Å². The normalized spacial score (nSPS) is 25.9. The predicted molar refractivity (Wildman–Crippen MR) is 130 cm³/mol. The Morgan fingerprint density at radius 2 is 2.20 bits per heavy atom. The van der Waals surface area contributed by atoms with E-state index in [-0.39, 0.29) is 24.2 Å². The van der Waals surface area contributed by atoms with Gasteiger partial charge >= 0.3 is 6.03 Å². The lowest BCUT2D eigenvalue weighted by Gasteiger charge is -2.37. The number of amides is 2. The molecule has 0 spiro atoms. The number of fused-ring (bicyclic) bond motifs is 4. The largest absolute Gasteiger partial charge is 0.378 e. The minimum Gasteiger partial charge on any atom is -0.378 e. The summed E-state index contributed by atoms with van der Waals surface area (Å²) in [5, 5.41) is 3.62. The molecule has 4 aliphatic rings. The summed E-state index contributed by atoms with van der Waals surface area (Å²) >= 11 is 0. The summed E-state index contributed by atoms with van der Waals surface area (Å²) < 4.78 is 11.5. The number of carbonyl (C=O) groups is 1. The standard InChI is InChI=1S/C26H30N6O3/c1-15-9-28-25-24(15)30-22(10-29-25)17-6-16-2-4-31(26(33)32-11-19-8-18(32)13-35-19)12-21(16)20(7-17)23-14-34-5-3-27-23/h6-7,9-10,18-19,23,27H,2-5,8,11-14H2,1H3,(H,28,29)/t18-,19-,23+/m1/s1. The second kappa shape index (κ2) is 8.29. The molecule has 2 aromatic heterocycles. The highest BCUT2D eigenvalue weighted by Crippen LogP contribution is 2.35. The van der Waals surface area contributed by atoms with Gasteiger partial charge in [0.15, 0.2) is 5.65 Å². The Hall–Kier alpha value is -3.01. The second-order valence-corrected chi connectivity index (χ2v) is 10.2. The number of morpholine rings is 2. The van der Waals surface area contributed by atoms with Crippen molar-refractivity contribution in [3.05, 3.63) is 46.8 Å². The lowest BCUT2D eigenvalue weighted by molar-refractivity contribution is 0.0352. The number of H-pyrrole nitrogens is 1. The summed E-state index contributed by atoms with van der Waals surface area (Å²) in [4.78, 5) is 30.2. The summed E-state index contributed by atoms with van der Waals surface area (Å²) in [7, 11) is 0. The van der Waals surface area contributed by atoms with Crippen molar-refractivity contribution >= 4 is 17.2 Å². The Morgan fingerprint density at radius 1 is 1.26 bits per heavy atom. The maximum absolute atomic E-state index is 13.4. The number of likely N-dealkylation sites (tertiary alicyclic amines) is 1. The van der Waals surface area contributed by atoms with E-state index in [4.69, 9.17) is 14.5 Å². The quantitative estimate of drug-likeness (QED) is 0.593. The molecule has 6 heterocycles. The third-order valence-electron chi connectivity index (χ3n) is 7.96. The van der Waals surface area contributed by atoms with Crippen LogP contribution in [0.3, 0.4) is 0 Å². The number of nitrogens with zero attached hydrogens (tertiary/aromatic N) is 4. The Morgan fingerprint density at radius 3 is 3.00 bits per heavy atom. The first-order chi connectivity index (χ1) is 17.1. The minimum absolute atomic E-state index is 0.0920. The molecule has 7 rings (SSSR count). The minimum atomic E-state index is 0.0920. The SMILES string of the molecule is Cc1c[nH]c2ncc(-c3cc4c(c([C@@H]5COCCN5)c3)CN(C(=O)N3C[C@H]5C[C@@H]3CO5)CC4)nc12. The van der Waals surface area contributed by atoms with Crippen LogP contribution < -0.4 is 5.32 Å². The van der Waals surface area contributed by atoms with Crippen molar-refractivity contribution in [3.8, 4) is 11.3 Å². The van der Waals surface area contributed by atoms with E-state index in [9.17, 15) is 4.79 Å². The first kappa shape index (κ1) is 21.3. The number of hydrogen-bond acceptors (Lipinski definition) is 6. The fourth-order valence-corrected chi connectivity index (χ4v) is 6.05. The lowest BCUT2D eigenvalue weighted by Crippen LogP contribution is -2.50. The molecule has 3 atom stereocenters. The number of benzene rings is 1. The van der Waals surface area contributed by atoms with Crippen LogP contribution in [0.2, 0.25) is 0 Å². The summed E-state index contributed by atoms with van der Waals surface area (Å²) in [5.41, 5.74) is 8.46. The van der Waals surface area contributed by atoms with Gasteiger partial charge in [-0.1, -0.05) is 0 Å². The van der Waals surface area contributed by atoms with Gasteiger partial charge in [-0.3, -0.25) is 0 Å². The first-order valence-corrected chi connectivity index (χ1v) is 12.6. The molecule has 4 aliphatic heterocycles. The van der Waals surface area contributed by atoms with Crippen LogP contribution in [0.15, 0.2) is 24.5 Å². The Balaban J connectivity index is 1.25. The average molecular weight is 475 g/mol. The van der Waals surface area contributed by atoms with Gasteiger partial charge in [-0.05, 0) is 54.2 Å². The molecule has 2 bridgehead atoms. The number of nitrogens with one attached hydrogen (secondary N) is 2. The number of rotatable bonds is 2. The maximum atomic E-state index is 13.4. The third-order valence-corrected chi connectivity index (χ3v) is 7.96. The van der Waals surface area contributed by atoms with E-state index >= 15 is 0 Å². The fraction of sp³-hybridized carbons (Fsp3) is 0.500. The summed E-state index contributed by atoms with van der Waals surface area (Å²) in [6.07, 6.45) is 5.80. The molecule has 0 unspecified atom stereocenters. The van der Waals surface area contributed by atoms with Gasteiger partial charge < -0.3 is 29.6 Å². The molecule has 0 aliphatic carbocycles. The lowest BCUT2D eigenvalue weighted by atomic mass is 9.88. The molecule has 0 saturated carbocycles. The van der Waals surface area contributed by atoms with E-state index in [1.54, 1.807) is 0 Å². The molecule has 1 aromatic carbocycles. The molecule has 35 heavy (non-hydrogen) atoms. The van der Waals surface area contributed by atoms with Crippen LogP contribution in [-0.2, 0) is 22.4 Å². The van der Waals surface area contributed by atoms with Crippen molar-refractivity contribution in [1.29, 1.82) is 0 Å². The molecule has 0 radical (unpaired) electrons. The van der Waals surface area contributed by atoms with E-state index in [2.05, 4.69) is 27.4 Å². The Bertz CT molecular complexity index is 1300. The van der Waals surface area contributed by atoms with E-state index in [1.165, 1.54) is 16.7 Å². The smallest absolute Gasteiger partial charge is 0.320 e. The zero-order valence-electron chi connectivity index (χ0n) is 19.9. The summed E-state index contributed by atoms with van der Waals surface area (Å²) in [6.45, 7) is 6.94. The molecule has 3 fully saturated rings. The molecule has 9 nitrogen and oxygen atoms in total. The van der Waals surface area contributed by atoms with Crippen LogP contribution in [-0.4, -0.2) is 82.4 Å². The van der Waals surface area contributed by atoms with Crippen LogP contribution in [0, 0.1) is 6.92 Å². The molecular weight excluding hydrogens is 444 g/mol. The van der Waals surface area contributed by atoms with E-state index < -0.39 is 0 Å². The van der Waals surface area contributed by atoms with Crippen molar-refractivity contribution < 1.29 is 14.3 Å². The highest BCUT2D eigenvalue weighted by atomic mass is 16.5. The average Bonchev–Trinajstić information content (AvgIpc) is 3.64. The maximum Gasteiger partial charge on any atom is 0.320 e. The zero-order chi connectivity index (χ0) is 23.5. The van der Waals surface area contributed by atoms with Crippen molar-refractivity contribution in [1.82, 2.24) is 30.1 Å². The van der Waals surface area contributed by atoms with Gasteiger partial charge in [-0.2, -0.15) is 0 Å². The monoisotopic (exact) mass is 474 g/mol. The number of ether oxygens (including phenoxy) is 2. The topological polar surface area (TPSA) is 95.6 Å². The number of hydrogen-bond donors (Lipinski definition) is 2. The number of urea groups is 1. The Labute approximate surface area is 203 Å². The van der Waals surface area contributed by atoms with Crippen molar-refractivity contribution in [2.24, 2.45) is 0 Å². The highest BCUT2D eigenvalue weighted by Gasteiger charge is 2.43. The van der Waals surface area contributed by atoms with Crippen LogP contribution in [0.25, 0.3) is 22.4 Å². The number of aromatic amines is 1. The fourth-order valence-electron chi connectivity index (χ4n) is 6.05. The van der Waals surface area contributed by atoms with Crippen LogP contribution in [0.4, 0.5) is 4.79 Å². The van der Waals surface area contributed by atoms with Gasteiger partial charge in [-0.15, -0.1) is 0 Å². The summed E-state index contributed by atoms with van der Waals surface area (Å²) in [6, 6.07) is 4.94. The molecule has 3 saturated heterocycles. The zero-order valence-corrected chi connectivity index (χ0v) is 19.9. The second-order valence-electron chi connectivity index (χ2n) is 10.2. The van der Waals surface area contributed by atoms with Gasteiger partial charge in [0.1, 0.15) is 5.52 Å². The van der Waals surface area contributed by atoms with E-state index in [0.29, 0.717) is 19.8 Å². The summed E-state index contributed by atoms with van der Waals surface area (Å²) in [5.74, 6) is 0. The first-order valence-electron chi connectivity index (χ1n) is 12.6. The van der Waals surface area contributed by atoms with Crippen LogP contribution >= 0.6 is 0 Å². The third kappa shape index (κ3) is 3.61. The van der Waals surface area contributed by atoms with Gasteiger partial charge in [0, 0.05) is 37.9 Å². The molecule has 9 heteroatoms. The van der Waals surface area contributed by atoms with Crippen molar-refractivity contribution in [2.75, 3.05) is 39.5 Å². The molecule has 2 amide bonds. The van der Waals surface area contributed by atoms with Gasteiger partial charge in [0.2, 0.25) is 0 Å². The molecule has 2 N–H and O–H groups in total. The molecule has 182 valence electrons. The number of aryl methyl sites for hydroxylation is 1. The van der Waals surface area contributed by atoms with Crippen molar-refractivity contribution in [2.45, 2.75) is 44.5 Å². The van der Waals surface area contributed by atoms with E-state index in [1.807, 2.05) is 29.1 Å². The van der Waals surface area contributed by atoms with Crippen LogP contribution in [0.1, 0.15) is 34.7 Å². The number of carbonyl (C=O) groups excluding carboxylic acids is 1. The van der Waals surface area contributed by atoms with E-state index in [0.717, 1.165) is 67.1 Å². The predicted octanol–water partition coefficient (Wildman–Crippen LogP) is 2.55.